The minimum Gasteiger partial charge on any atom is -0.336 e. The number of thiophene rings is 1. The number of benzene rings is 2. The molecule has 0 unspecified atom stereocenters. The lowest BCUT2D eigenvalue weighted by Gasteiger charge is -2.35. The van der Waals surface area contributed by atoms with Crippen molar-refractivity contribution in [3.8, 4) is 0 Å². The van der Waals surface area contributed by atoms with E-state index >= 15 is 0 Å². The molecule has 1 saturated heterocycles. The topological polar surface area (TPSA) is 52.7 Å². The largest absolute Gasteiger partial charge is 0.336 e. The van der Waals surface area contributed by atoms with Crippen LogP contribution in [0.1, 0.15) is 55.6 Å². The summed E-state index contributed by atoms with van der Waals surface area (Å²) in [5.74, 6) is 0.526. The van der Waals surface area contributed by atoms with Gasteiger partial charge in [-0.3, -0.25) is 14.5 Å². The first-order valence-electron chi connectivity index (χ1n) is 12.6. The Bertz CT molecular complexity index is 1210. The zero-order valence-electron chi connectivity index (χ0n) is 20.5. The lowest BCUT2D eigenvalue weighted by atomic mass is 9.88. The van der Waals surface area contributed by atoms with Crippen LogP contribution in [0.5, 0.6) is 0 Å². The Balaban J connectivity index is 1.35. The number of piperazine rings is 1. The fourth-order valence-electron chi connectivity index (χ4n) is 5.17. The van der Waals surface area contributed by atoms with E-state index in [1.807, 2.05) is 42.2 Å². The normalized spacial score (nSPS) is 18.2. The van der Waals surface area contributed by atoms with E-state index < -0.39 is 0 Å². The van der Waals surface area contributed by atoms with E-state index in [-0.39, 0.29) is 11.8 Å². The lowest BCUT2D eigenvalue weighted by Crippen LogP contribution is -2.48. The number of nitrogens with zero attached hydrogens (tertiary/aromatic N) is 2. The highest BCUT2D eigenvalue weighted by atomic mass is 32.1. The molecular weight excluding hydrogens is 454 g/mol. The van der Waals surface area contributed by atoms with Gasteiger partial charge in [-0.1, -0.05) is 55.5 Å². The van der Waals surface area contributed by atoms with Crippen LogP contribution in [-0.2, 0) is 19.4 Å². The van der Waals surface area contributed by atoms with Gasteiger partial charge in [0.1, 0.15) is 5.00 Å². The highest BCUT2D eigenvalue weighted by Crippen LogP contribution is 2.40. The summed E-state index contributed by atoms with van der Waals surface area (Å²) in [6.45, 7) is 8.24. The van der Waals surface area contributed by atoms with Gasteiger partial charge in [-0.05, 0) is 54.9 Å². The Morgan fingerprint density at radius 3 is 2.46 bits per heavy atom. The molecule has 1 aromatic heterocycles. The summed E-state index contributed by atoms with van der Waals surface area (Å²) in [6.07, 6.45) is 2.97. The van der Waals surface area contributed by atoms with Crippen LogP contribution in [0, 0.1) is 12.8 Å². The number of nitrogens with one attached hydrogen (secondary N) is 1. The van der Waals surface area contributed by atoms with Crippen molar-refractivity contribution in [1.82, 2.24) is 9.80 Å². The first kappa shape index (κ1) is 23.8. The van der Waals surface area contributed by atoms with Gasteiger partial charge in [0.2, 0.25) is 0 Å². The summed E-state index contributed by atoms with van der Waals surface area (Å²) in [5.41, 5.74) is 4.78. The zero-order chi connectivity index (χ0) is 24.4. The molecule has 0 bridgehead atoms. The smallest absolute Gasteiger partial charge is 0.257 e. The molecule has 2 aromatic carbocycles. The Morgan fingerprint density at radius 1 is 1.00 bits per heavy atom. The van der Waals surface area contributed by atoms with Gasteiger partial charge in [-0.25, -0.2) is 0 Å². The summed E-state index contributed by atoms with van der Waals surface area (Å²) >= 11 is 1.60. The lowest BCUT2D eigenvalue weighted by molar-refractivity contribution is 0.0628. The highest BCUT2D eigenvalue weighted by molar-refractivity contribution is 7.17. The molecule has 3 aromatic rings. The Hall–Kier alpha value is -2.96. The SMILES string of the molecule is Cc1ccccc1C(=O)Nc1sc2c(c1C(=O)N1CCN(Cc3ccccc3)CC1)CC[C@@H](C)C2. The van der Waals surface area contributed by atoms with Crippen LogP contribution in [-0.4, -0.2) is 47.8 Å². The van der Waals surface area contributed by atoms with Gasteiger partial charge in [0, 0.05) is 43.2 Å². The maximum Gasteiger partial charge on any atom is 0.257 e. The average Bonchev–Trinajstić information content (AvgIpc) is 3.21. The van der Waals surface area contributed by atoms with Gasteiger partial charge < -0.3 is 10.2 Å². The van der Waals surface area contributed by atoms with Gasteiger partial charge in [-0.2, -0.15) is 0 Å². The molecule has 0 spiro atoms. The molecule has 6 heteroatoms. The van der Waals surface area contributed by atoms with Crippen LogP contribution in [0.3, 0.4) is 0 Å². The first-order chi connectivity index (χ1) is 17.0. The average molecular weight is 488 g/mol. The molecule has 35 heavy (non-hydrogen) atoms. The minimum atomic E-state index is -0.142. The molecule has 182 valence electrons. The predicted octanol–water partition coefficient (Wildman–Crippen LogP) is 5.39. The number of hydrogen-bond donors (Lipinski definition) is 1. The zero-order valence-corrected chi connectivity index (χ0v) is 21.4. The number of carbonyl (C=O) groups is 2. The van der Waals surface area contributed by atoms with Crippen molar-refractivity contribution < 1.29 is 9.59 Å². The second-order valence-corrected chi connectivity index (χ2v) is 11.0. The first-order valence-corrected chi connectivity index (χ1v) is 13.4. The van der Waals surface area contributed by atoms with Crippen LogP contribution >= 0.6 is 11.3 Å². The molecule has 0 radical (unpaired) electrons. The molecule has 1 fully saturated rings. The molecule has 2 amide bonds. The van der Waals surface area contributed by atoms with E-state index in [4.69, 9.17) is 0 Å². The fourth-order valence-corrected chi connectivity index (χ4v) is 6.57. The molecule has 2 heterocycles. The van der Waals surface area contributed by atoms with Gasteiger partial charge in [0.05, 0.1) is 5.56 Å². The number of fused-ring (bicyclic) bond motifs is 1. The van der Waals surface area contributed by atoms with Crippen LogP contribution in [0.15, 0.2) is 54.6 Å². The van der Waals surface area contributed by atoms with Crippen molar-refractivity contribution in [2.75, 3.05) is 31.5 Å². The monoisotopic (exact) mass is 487 g/mol. The maximum atomic E-state index is 13.8. The van der Waals surface area contributed by atoms with Crippen molar-refractivity contribution in [3.63, 3.8) is 0 Å². The molecule has 1 N–H and O–H groups in total. The van der Waals surface area contributed by atoms with Crippen LogP contribution in [0.2, 0.25) is 0 Å². The quantitative estimate of drug-likeness (QED) is 0.525. The molecule has 0 saturated carbocycles. The molecular formula is C29H33N3O2S. The van der Waals surface area contributed by atoms with E-state index in [0.29, 0.717) is 29.6 Å². The summed E-state index contributed by atoms with van der Waals surface area (Å²) in [6, 6.07) is 18.1. The predicted molar refractivity (Wildman–Crippen MR) is 142 cm³/mol. The number of carbonyl (C=O) groups excluding carboxylic acids is 2. The third-order valence-electron chi connectivity index (χ3n) is 7.25. The van der Waals surface area contributed by atoms with E-state index in [1.54, 1.807) is 11.3 Å². The summed E-state index contributed by atoms with van der Waals surface area (Å²) in [5, 5.41) is 3.84. The van der Waals surface area contributed by atoms with E-state index in [2.05, 4.69) is 41.4 Å². The van der Waals surface area contributed by atoms with Crippen LogP contribution in [0.25, 0.3) is 0 Å². The van der Waals surface area contributed by atoms with Crippen LogP contribution < -0.4 is 5.32 Å². The summed E-state index contributed by atoms with van der Waals surface area (Å²) < 4.78 is 0. The van der Waals surface area contributed by atoms with Crippen molar-refractivity contribution in [1.29, 1.82) is 0 Å². The third kappa shape index (κ3) is 5.19. The van der Waals surface area contributed by atoms with Crippen molar-refractivity contribution in [2.24, 2.45) is 5.92 Å². The molecule has 5 rings (SSSR count). The van der Waals surface area contributed by atoms with E-state index in [9.17, 15) is 9.59 Å². The van der Waals surface area contributed by atoms with Crippen LogP contribution in [0.4, 0.5) is 5.00 Å². The van der Waals surface area contributed by atoms with E-state index in [0.717, 1.165) is 55.6 Å². The van der Waals surface area contributed by atoms with Gasteiger partial charge >= 0.3 is 0 Å². The molecule has 1 atom stereocenters. The Kier molecular flexibility index (Phi) is 7.02. The standard InChI is InChI=1S/C29H33N3O2S/c1-20-12-13-24-25(18-20)35-28(30-27(33)23-11-7-6-8-21(23)2)26(24)29(34)32-16-14-31(15-17-32)19-22-9-4-3-5-10-22/h3-11,20H,12-19H2,1-2H3,(H,30,33)/t20-/m1/s1. The summed E-state index contributed by atoms with van der Waals surface area (Å²) in [7, 11) is 0. The number of hydrogen-bond acceptors (Lipinski definition) is 4. The van der Waals surface area contributed by atoms with Gasteiger partial charge in [0.15, 0.2) is 0 Å². The third-order valence-corrected chi connectivity index (χ3v) is 8.42. The molecule has 2 aliphatic rings. The maximum absolute atomic E-state index is 13.8. The molecule has 5 nitrogen and oxygen atoms in total. The second kappa shape index (κ2) is 10.3. The van der Waals surface area contributed by atoms with E-state index in [1.165, 1.54) is 10.4 Å². The van der Waals surface area contributed by atoms with Gasteiger partial charge in [0.25, 0.3) is 11.8 Å². The number of aryl methyl sites for hydroxylation is 1. The second-order valence-electron chi connectivity index (χ2n) is 9.88. The fraction of sp³-hybridized carbons (Fsp3) is 0.379. The highest BCUT2D eigenvalue weighted by Gasteiger charge is 2.32. The van der Waals surface area contributed by atoms with Crippen molar-refractivity contribution >= 4 is 28.2 Å². The minimum absolute atomic E-state index is 0.0662. The Labute approximate surface area is 211 Å². The Morgan fingerprint density at radius 2 is 1.71 bits per heavy atom. The number of rotatable bonds is 5. The molecule has 1 aliphatic heterocycles. The number of amides is 2. The van der Waals surface area contributed by atoms with Crippen molar-refractivity contribution in [3.05, 3.63) is 87.3 Å². The van der Waals surface area contributed by atoms with Gasteiger partial charge in [-0.15, -0.1) is 11.3 Å². The summed E-state index contributed by atoms with van der Waals surface area (Å²) in [4.78, 5) is 32.6. The number of anilines is 1. The van der Waals surface area contributed by atoms with Crippen molar-refractivity contribution in [2.45, 2.75) is 39.7 Å². The molecule has 1 aliphatic carbocycles.